The summed E-state index contributed by atoms with van der Waals surface area (Å²) in [5, 5.41) is 7.61. The molecule has 0 amide bonds. The molecule has 0 spiro atoms. The van der Waals surface area contributed by atoms with E-state index in [0.717, 1.165) is 17.7 Å². The van der Waals surface area contributed by atoms with Crippen LogP contribution in [0.4, 0.5) is 13.2 Å². The molecule has 0 N–H and O–H groups in total. The standard InChI is InChI=1S/C24H19F3N4O5/c25-20-12-22-21(35-24(26,27)36-22)11-17(20)3-6-23-29-18(15-34-23)14-33-19-4-1-16(2-5-19)13-32-10-9-31-8-7-28-30-31/h1-8,11-12,15H,9-10,13-14H2. The van der Waals surface area contributed by atoms with Crippen molar-refractivity contribution in [2.45, 2.75) is 26.1 Å². The Hall–Kier alpha value is -4.32. The fourth-order valence-corrected chi connectivity index (χ4v) is 3.28. The fraction of sp³-hybridized carbons (Fsp3) is 0.208. The van der Waals surface area contributed by atoms with E-state index in [-0.39, 0.29) is 29.6 Å². The van der Waals surface area contributed by atoms with E-state index in [1.54, 1.807) is 17.1 Å². The van der Waals surface area contributed by atoms with Crippen LogP contribution < -0.4 is 14.2 Å². The quantitative estimate of drug-likeness (QED) is 0.290. The van der Waals surface area contributed by atoms with Crippen LogP contribution in [0.1, 0.15) is 22.7 Å². The van der Waals surface area contributed by atoms with Crippen molar-refractivity contribution in [2.24, 2.45) is 0 Å². The molecule has 0 radical (unpaired) electrons. The van der Waals surface area contributed by atoms with Gasteiger partial charge in [-0.25, -0.2) is 9.37 Å². The number of nitrogens with zero attached hydrogens (tertiary/aromatic N) is 4. The molecule has 0 saturated heterocycles. The zero-order chi connectivity index (χ0) is 25.0. The summed E-state index contributed by atoms with van der Waals surface area (Å²) in [5.41, 5.74) is 1.52. The molecular formula is C24H19F3N4O5. The molecule has 0 aliphatic carbocycles. The van der Waals surface area contributed by atoms with Crippen LogP contribution in [-0.2, 0) is 24.5 Å². The summed E-state index contributed by atoms with van der Waals surface area (Å²) in [6.07, 6.45) is 3.72. The minimum atomic E-state index is -3.82. The average molecular weight is 500 g/mol. The summed E-state index contributed by atoms with van der Waals surface area (Å²) >= 11 is 0. The van der Waals surface area contributed by atoms with E-state index in [2.05, 4.69) is 24.8 Å². The number of oxazole rings is 1. The number of hydrogen-bond acceptors (Lipinski definition) is 8. The third-order valence-electron chi connectivity index (χ3n) is 5.01. The highest BCUT2D eigenvalue weighted by Crippen LogP contribution is 2.42. The van der Waals surface area contributed by atoms with Gasteiger partial charge in [-0.05, 0) is 29.8 Å². The monoisotopic (exact) mass is 500 g/mol. The number of fused-ring (bicyclic) bond motifs is 1. The van der Waals surface area contributed by atoms with Gasteiger partial charge in [0.2, 0.25) is 5.89 Å². The summed E-state index contributed by atoms with van der Waals surface area (Å²) in [6, 6.07) is 9.39. The molecule has 2 aromatic heterocycles. The van der Waals surface area contributed by atoms with Gasteiger partial charge in [0.1, 0.15) is 30.1 Å². The van der Waals surface area contributed by atoms with Crippen molar-refractivity contribution in [3.8, 4) is 17.2 Å². The van der Waals surface area contributed by atoms with Crippen LogP contribution in [0.3, 0.4) is 0 Å². The van der Waals surface area contributed by atoms with Gasteiger partial charge < -0.3 is 23.4 Å². The average Bonchev–Trinajstić information content (AvgIpc) is 3.59. The van der Waals surface area contributed by atoms with Crippen molar-refractivity contribution in [1.29, 1.82) is 0 Å². The topological polar surface area (TPSA) is 93.7 Å². The molecule has 0 fully saturated rings. The first-order valence-electron chi connectivity index (χ1n) is 10.8. The Morgan fingerprint density at radius 2 is 1.83 bits per heavy atom. The Labute approximate surface area is 202 Å². The molecule has 2 aromatic carbocycles. The van der Waals surface area contributed by atoms with Gasteiger partial charge in [-0.3, -0.25) is 4.68 Å². The lowest BCUT2D eigenvalue weighted by atomic mass is 10.1. The maximum atomic E-state index is 14.2. The van der Waals surface area contributed by atoms with Crippen molar-refractivity contribution >= 4 is 12.2 Å². The Morgan fingerprint density at radius 1 is 1.03 bits per heavy atom. The molecule has 12 heteroatoms. The molecule has 1 aliphatic rings. The molecule has 0 bridgehead atoms. The smallest absolute Gasteiger partial charge is 0.487 e. The first kappa shape index (κ1) is 23.4. The van der Waals surface area contributed by atoms with E-state index in [9.17, 15) is 13.2 Å². The zero-order valence-electron chi connectivity index (χ0n) is 18.6. The van der Waals surface area contributed by atoms with E-state index < -0.39 is 12.1 Å². The van der Waals surface area contributed by atoms with Crippen molar-refractivity contribution in [3.05, 3.63) is 83.6 Å². The number of benzene rings is 2. The molecule has 3 heterocycles. The largest absolute Gasteiger partial charge is 0.586 e. The lowest BCUT2D eigenvalue weighted by Crippen LogP contribution is -2.25. The minimum Gasteiger partial charge on any atom is -0.487 e. The maximum Gasteiger partial charge on any atom is 0.586 e. The second kappa shape index (κ2) is 10.1. The number of halogens is 3. The fourth-order valence-electron chi connectivity index (χ4n) is 3.28. The molecular weight excluding hydrogens is 481 g/mol. The lowest BCUT2D eigenvalue weighted by molar-refractivity contribution is -0.286. The number of alkyl halides is 2. The number of aromatic nitrogens is 4. The van der Waals surface area contributed by atoms with Gasteiger partial charge in [-0.1, -0.05) is 17.3 Å². The lowest BCUT2D eigenvalue weighted by Gasteiger charge is -2.07. The molecule has 186 valence electrons. The molecule has 36 heavy (non-hydrogen) atoms. The highest BCUT2D eigenvalue weighted by atomic mass is 19.3. The van der Waals surface area contributed by atoms with Gasteiger partial charge in [0.25, 0.3) is 0 Å². The minimum absolute atomic E-state index is 0.00788. The van der Waals surface area contributed by atoms with Gasteiger partial charge in [-0.2, -0.15) is 0 Å². The second-order valence-corrected chi connectivity index (χ2v) is 7.65. The Bertz CT molecular complexity index is 1340. The summed E-state index contributed by atoms with van der Waals surface area (Å²) in [7, 11) is 0. The zero-order valence-corrected chi connectivity index (χ0v) is 18.6. The van der Waals surface area contributed by atoms with Crippen molar-refractivity contribution < 1.29 is 36.5 Å². The normalized spacial score (nSPS) is 14.0. The summed E-state index contributed by atoms with van der Waals surface area (Å²) in [5.74, 6) is -0.554. The summed E-state index contributed by atoms with van der Waals surface area (Å²) < 4.78 is 67.4. The molecule has 1 aliphatic heterocycles. The van der Waals surface area contributed by atoms with Crippen LogP contribution in [0.15, 0.2) is 59.5 Å². The first-order chi connectivity index (χ1) is 17.4. The number of ether oxygens (including phenoxy) is 4. The number of rotatable bonds is 10. The third kappa shape index (κ3) is 5.84. The summed E-state index contributed by atoms with van der Waals surface area (Å²) in [4.78, 5) is 4.25. The Morgan fingerprint density at radius 3 is 2.61 bits per heavy atom. The van der Waals surface area contributed by atoms with Gasteiger partial charge in [-0.15, -0.1) is 13.9 Å². The van der Waals surface area contributed by atoms with Crippen LogP contribution >= 0.6 is 0 Å². The molecule has 0 atom stereocenters. The van der Waals surface area contributed by atoms with Gasteiger partial charge in [0.05, 0.1) is 26.0 Å². The highest BCUT2D eigenvalue weighted by molar-refractivity contribution is 5.68. The van der Waals surface area contributed by atoms with Crippen LogP contribution in [0.2, 0.25) is 0 Å². The molecule has 0 unspecified atom stereocenters. The molecule has 9 nitrogen and oxygen atoms in total. The predicted molar refractivity (Wildman–Crippen MR) is 118 cm³/mol. The van der Waals surface area contributed by atoms with E-state index in [0.29, 0.717) is 31.2 Å². The molecule has 5 rings (SSSR count). The van der Waals surface area contributed by atoms with Crippen molar-refractivity contribution in [1.82, 2.24) is 20.0 Å². The van der Waals surface area contributed by atoms with Crippen molar-refractivity contribution in [3.63, 3.8) is 0 Å². The summed E-state index contributed by atoms with van der Waals surface area (Å²) in [6.45, 7) is 1.75. The molecule has 0 saturated carbocycles. The van der Waals surface area contributed by atoms with Crippen LogP contribution in [0.5, 0.6) is 17.2 Å². The third-order valence-corrected chi connectivity index (χ3v) is 5.01. The van der Waals surface area contributed by atoms with Crippen LogP contribution in [-0.4, -0.2) is 32.9 Å². The first-order valence-corrected chi connectivity index (χ1v) is 10.8. The molecule has 4 aromatic rings. The van der Waals surface area contributed by atoms with E-state index >= 15 is 0 Å². The van der Waals surface area contributed by atoms with E-state index in [1.165, 1.54) is 18.4 Å². The predicted octanol–water partition coefficient (Wildman–Crippen LogP) is 4.69. The Balaban J connectivity index is 1.10. The Kier molecular flexibility index (Phi) is 6.58. The van der Waals surface area contributed by atoms with E-state index in [1.807, 2.05) is 24.3 Å². The van der Waals surface area contributed by atoms with Gasteiger partial charge in [0, 0.05) is 23.9 Å². The second-order valence-electron chi connectivity index (χ2n) is 7.65. The van der Waals surface area contributed by atoms with Crippen LogP contribution in [0.25, 0.3) is 12.2 Å². The maximum absolute atomic E-state index is 14.2. The SMILES string of the molecule is Fc1cc2c(cc1C=Cc1nc(COc3ccc(COCCn4ccnn4)cc3)co1)OC(F)(F)O2. The number of hydrogen-bond donors (Lipinski definition) is 0. The van der Waals surface area contributed by atoms with Gasteiger partial charge in [0.15, 0.2) is 11.5 Å². The van der Waals surface area contributed by atoms with E-state index in [4.69, 9.17) is 13.9 Å². The van der Waals surface area contributed by atoms with Crippen molar-refractivity contribution in [2.75, 3.05) is 6.61 Å². The van der Waals surface area contributed by atoms with Gasteiger partial charge >= 0.3 is 6.29 Å². The highest BCUT2D eigenvalue weighted by Gasteiger charge is 2.43. The van der Waals surface area contributed by atoms with Crippen LogP contribution in [0, 0.1) is 5.82 Å².